The summed E-state index contributed by atoms with van der Waals surface area (Å²) in [7, 11) is 0. The summed E-state index contributed by atoms with van der Waals surface area (Å²) in [4.78, 5) is 0. The first-order valence-corrected chi connectivity index (χ1v) is 6.95. The Hall–Kier alpha value is -1.51. The lowest BCUT2D eigenvalue weighted by Crippen LogP contribution is -2.22. The van der Waals surface area contributed by atoms with E-state index in [0.29, 0.717) is 5.02 Å². The molecule has 0 fully saturated rings. The van der Waals surface area contributed by atoms with Gasteiger partial charge in [-0.1, -0.05) is 35.9 Å². The van der Waals surface area contributed by atoms with Crippen molar-refractivity contribution in [2.24, 2.45) is 0 Å². The van der Waals surface area contributed by atoms with Crippen LogP contribution < -0.4 is 4.74 Å². The summed E-state index contributed by atoms with van der Waals surface area (Å²) in [5.41, 5.74) is 1.42. The first kappa shape index (κ1) is 14.9. The van der Waals surface area contributed by atoms with Crippen molar-refractivity contribution in [3.8, 4) is 5.75 Å². The molecule has 1 unspecified atom stereocenters. The molecule has 0 aromatic heterocycles. The molecule has 1 atom stereocenters. The molecule has 0 amide bonds. The van der Waals surface area contributed by atoms with Gasteiger partial charge in [0.15, 0.2) is 0 Å². The van der Waals surface area contributed by atoms with Gasteiger partial charge in [-0.05, 0) is 56.2 Å². The van der Waals surface area contributed by atoms with Crippen molar-refractivity contribution in [2.75, 3.05) is 0 Å². The predicted molar refractivity (Wildman–Crippen MR) is 82.3 cm³/mol. The van der Waals surface area contributed by atoms with E-state index in [-0.39, 0.29) is 5.60 Å². The lowest BCUT2D eigenvalue weighted by atomic mass is 10.0. The van der Waals surface area contributed by atoms with Crippen molar-refractivity contribution in [2.45, 2.75) is 32.5 Å². The SMILES string of the molecule is CC(C)(C)Oc1ccc(C(O)c2ccc(Cl)cc2)cc1. The molecule has 2 aromatic rings. The van der Waals surface area contributed by atoms with E-state index in [4.69, 9.17) is 16.3 Å². The maximum Gasteiger partial charge on any atom is 0.120 e. The van der Waals surface area contributed by atoms with Crippen LogP contribution in [0.4, 0.5) is 0 Å². The van der Waals surface area contributed by atoms with Gasteiger partial charge in [0, 0.05) is 5.02 Å². The Kier molecular flexibility index (Phi) is 4.36. The van der Waals surface area contributed by atoms with E-state index in [0.717, 1.165) is 16.9 Å². The number of rotatable bonds is 3. The molecule has 0 spiro atoms. The van der Waals surface area contributed by atoms with Crippen molar-refractivity contribution in [3.05, 3.63) is 64.7 Å². The number of benzene rings is 2. The molecule has 0 saturated heterocycles. The van der Waals surface area contributed by atoms with Crippen LogP contribution in [0, 0.1) is 0 Å². The van der Waals surface area contributed by atoms with Crippen LogP contribution in [0.5, 0.6) is 5.75 Å². The standard InChI is InChI=1S/C17H19ClO2/c1-17(2,3)20-15-10-6-13(7-11-15)16(19)12-4-8-14(18)9-5-12/h4-11,16,19H,1-3H3. The predicted octanol–water partition coefficient (Wildman–Crippen LogP) is 4.60. The Labute approximate surface area is 125 Å². The molecule has 106 valence electrons. The van der Waals surface area contributed by atoms with Gasteiger partial charge in [0.1, 0.15) is 17.5 Å². The number of hydrogen-bond acceptors (Lipinski definition) is 2. The number of hydrogen-bond donors (Lipinski definition) is 1. The molecule has 1 N–H and O–H groups in total. The normalized spacial score (nSPS) is 13.1. The minimum atomic E-state index is -0.657. The fourth-order valence-electron chi connectivity index (χ4n) is 1.91. The van der Waals surface area contributed by atoms with E-state index in [2.05, 4.69) is 0 Å². The van der Waals surface area contributed by atoms with Crippen LogP contribution in [0.15, 0.2) is 48.5 Å². The molecule has 0 saturated carbocycles. The third kappa shape index (κ3) is 3.99. The smallest absolute Gasteiger partial charge is 0.120 e. The third-order valence-corrected chi connectivity index (χ3v) is 3.06. The lowest BCUT2D eigenvalue weighted by molar-refractivity contribution is 0.131. The fourth-order valence-corrected chi connectivity index (χ4v) is 2.04. The van der Waals surface area contributed by atoms with Gasteiger partial charge in [-0.2, -0.15) is 0 Å². The van der Waals surface area contributed by atoms with Gasteiger partial charge >= 0.3 is 0 Å². The molecular weight excluding hydrogens is 272 g/mol. The Morgan fingerprint density at radius 2 is 1.35 bits per heavy atom. The minimum absolute atomic E-state index is 0.226. The zero-order valence-electron chi connectivity index (χ0n) is 11.9. The molecule has 0 aliphatic heterocycles. The molecule has 0 aliphatic carbocycles. The maximum absolute atomic E-state index is 10.3. The van der Waals surface area contributed by atoms with Crippen molar-refractivity contribution >= 4 is 11.6 Å². The molecule has 0 aliphatic rings. The van der Waals surface area contributed by atoms with Gasteiger partial charge in [0.05, 0.1) is 0 Å². The maximum atomic E-state index is 10.3. The second-order valence-electron chi connectivity index (χ2n) is 5.74. The van der Waals surface area contributed by atoms with Crippen LogP contribution in [0.3, 0.4) is 0 Å². The van der Waals surface area contributed by atoms with Gasteiger partial charge in [-0.25, -0.2) is 0 Å². The average molecular weight is 291 g/mol. The zero-order valence-corrected chi connectivity index (χ0v) is 12.7. The topological polar surface area (TPSA) is 29.5 Å². The van der Waals surface area contributed by atoms with Crippen molar-refractivity contribution < 1.29 is 9.84 Å². The molecule has 2 nitrogen and oxygen atoms in total. The molecule has 2 aromatic carbocycles. The first-order chi connectivity index (χ1) is 9.35. The summed E-state index contributed by atoms with van der Waals surface area (Å²) in [6.07, 6.45) is -0.657. The van der Waals surface area contributed by atoms with Gasteiger partial charge < -0.3 is 9.84 Å². The highest BCUT2D eigenvalue weighted by atomic mass is 35.5. The molecular formula is C17H19ClO2. The highest BCUT2D eigenvalue weighted by Crippen LogP contribution is 2.26. The summed E-state index contributed by atoms with van der Waals surface area (Å²) in [5, 5.41) is 11.0. The van der Waals surface area contributed by atoms with E-state index in [1.807, 2.05) is 57.2 Å². The van der Waals surface area contributed by atoms with E-state index in [1.165, 1.54) is 0 Å². The third-order valence-electron chi connectivity index (χ3n) is 2.81. The Morgan fingerprint density at radius 1 is 0.900 bits per heavy atom. The van der Waals surface area contributed by atoms with Crippen LogP contribution in [0.1, 0.15) is 38.0 Å². The molecule has 2 rings (SSSR count). The van der Waals surface area contributed by atoms with E-state index in [1.54, 1.807) is 12.1 Å². The highest BCUT2D eigenvalue weighted by Gasteiger charge is 2.13. The average Bonchev–Trinajstić information content (AvgIpc) is 2.38. The van der Waals surface area contributed by atoms with E-state index >= 15 is 0 Å². The zero-order chi connectivity index (χ0) is 14.8. The molecule has 0 heterocycles. The van der Waals surface area contributed by atoms with Crippen LogP contribution >= 0.6 is 11.6 Å². The van der Waals surface area contributed by atoms with Gasteiger partial charge in [-0.15, -0.1) is 0 Å². The van der Waals surface area contributed by atoms with Crippen molar-refractivity contribution in [1.29, 1.82) is 0 Å². The second kappa shape index (κ2) is 5.86. The Bertz CT molecular complexity index is 553. The van der Waals surface area contributed by atoms with Gasteiger partial charge in [0.2, 0.25) is 0 Å². The van der Waals surface area contributed by atoms with Crippen LogP contribution in [0.25, 0.3) is 0 Å². The molecule has 0 radical (unpaired) electrons. The second-order valence-corrected chi connectivity index (χ2v) is 6.17. The van der Waals surface area contributed by atoms with Crippen LogP contribution in [-0.4, -0.2) is 10.7 Å². The Morgan fingerprint density at radius 3 is 1.80 bits per heavy atom. The summed E-state index contributed by atoms with van der Waals surface area (Å²) in [6.45, 7) is 6.01. The van der Waals surface area contributed by atoms with Crippen LogP contribution in [-0.2, 0) is 0 Å². The van der Waals surface area contributed by atoms with E-state index in [9.17, 15) is 5.11 Å². The molecule has 20 heavy (non-hydrogen) atoms. The van der Waals surface area contributed by atoms with E-state index < -0.39 is 6.10 Å². The minimum Gasteiger partial charge on any atom is -0.488 e. The number of aliphatic hydroxyl groups is 1. The quantitative estimate of drug-likeness (QED) is 0.895. The number of halogens is 1. The highest BCUT2D eigenvalue weighted by molar-refractivity contribution is 6.30. The van der Waals surface area contributed by atoms with Gasteiger partial charge in [-0.3, -0.25) is 0 Å². The van der Waals surface area contributed by atoms with Crippen LogP contribution in [0.2, 0.25) is 5.02 Å². The number of aliphatic hydroxyl groups excluding tert-OH is 1. The summed E-state index contributed by atoms with van der Waals surface area (Å²) in [6, 6.07) is 14.7. The van der Waals surface area contributed by atoms with Crippen molar-refractivity contribution in [3.63, 3.8) is 0 Å². The Balaban J connectivity index is 2.15. The largest absolute Gasteiger partial charge is 0.488 e. The monoisotopic (exact) mass is 290 g/mol. The lowest BCUT2D eigenvalue weighted by Gasteiger charge is -2.21. The number of ether oxygens (including phenoxy) is 1. The molecule has 0 bridgehead atoms. The van der Waals surface area contributed by atoms with Crippen molar-refractivity contribution in [1.82, 2.24) is 0 Å². The molecule has 3 heteroatoms. The summed E-state index contributed by atoms with van der Waals surface area (Å²) in [5.74, 6) is 0.796. The summed E-state index contributed by atoms with van der Waals surface area (Å²) < 4.78 is 5.76. The first-order valence-electron chi connectivity index (χ1n) is 6.58. The van der Waals surface area contributed by atoms with Gasteiger partial charge in [0.25, 0.3) is 0 Å². The summed E-state index contributed by atoms with van der Waals surface area (Å²) >= 11 is 5.85. The fraction of sp³-hybridized carbons (Fsp3) is 0.294.